The van der Waals surface area contributed by atoms with E-state index >= 15 is 0 Å². The maximum absolute atomic E-state index is 14.6. The average molecular weight is 657 g/mol. The lowest BCUT2D eigenvalue weighted by atomic mass is 10.1. The van der Waals surface area contributed by atoms with Gasteiger partial charge in [-0.1, -0.05) is 11.3 Å². The molecule has 2 fully saturated rings. The highest BCUT2D eigenvalue weighted by Gasteiger charge is 2.28. The van der Waals surface area contributed by atoms with E-state index in [2.05, 4.69) is 10.2 Å². The summed E-state index contributed by atoms with van der Waals surface area (Å²) >= 11 is 1.10. The number of nitrogens with zero attached hydrogens (tertiary/aromatic N) is 6. The van der Waals surface area contributed by atoms with E-state index in [4.69, 9.17) is 23.7 Å². The third kappa shape index (κ3) is 6.15. The number of rotatable bonds is 9. The van der Waals surface area contributed by atoms with Crippen molar-refractivity contribution in [1.29, 1.82) is 0 Å². The van der Waals surface area contributed by atoms with Crippen LogP contribution in [0, 0.1) is 12.7 Å². The van der Waals surface area contributed by atoms with Crippen molar-refractivity contribution in [2.24, 2.45) is 0 Å². The Bertz CT molecular complexity index is 1870. The lowest BCUT2D eigenvalue weighted by molar-refractivity contribution is 0.0139. The topological polar surface area (TPSA) is 141 Å². The number of thiophene rings is 1. The molecule has 1 atom stereocenters. The minimum atomic E-state index is -0.920. The van der Waals surface area contributed by atoms with Crippen LogP contribution >= 0.6 is 11.3 Å². The molecule has 2 aliphatic rings. The summed E-state index contributed by atoms with van der Waals surface area (Å²) in [5.41, 5.74) is -0.908. The van der Waals surface area contributed by atoms with Gasteiger partial charge in [-0.2, -0.15) is 14.9 Å². The van der Waals surface area contributed by atoms with Crippen LogP contribution < -0.4 is 21.0 Å². The van der Waals surface area contributed by atoms with Crippen LogP contribution in [0.3, 0.4) is 0 Å². The van der Waals surface area contributed by atoms with Gasteiger partial charge >= 0.3 is 11.8 Å². The van der Waals surface area contributed by atoms with E-state index in [1.165, 1.54) is 60.3 Å². The molecule has 0 radical (unpaired) electrons. The van der Waals surface area contributed by atoms with E-state index in [-0.39, 0.29) is 40.4 Å². The van der Waals surface area contributed by atoms with Gasteiger partial charge in [0.15, 0.2) is 0 Å². The highest BCUT2D eigenvalue weighted by atomic mass is 32.1. The number of aromatic nitrogens is 5. The van der Waals surface area contributed by atoms with E-state index in [0.29, 0.717) is 53.7 Å². The fourth-order valence-electron chi connectivity index (χ4n) is 5.42. The van der Waals surface area contributed by atoms with Crippen molar-refractivity contribution < 1.29 is 32.9 Å². The molecule has 2 saturated heterocycles. The number of benzene rings is 1. The molecule has 1 unspecified atom stereocenters. The summed E-state index contributed by atoms with van der Waals surface area (Å²) in [5, 5.41) is 9.86. The molecule has 16 heteroatoms. The molecule has 0 aliphatic carbocycles. The van der Waals surface area contributed by atoms with E-state index in [9.17, 15) is 18.8 Å². The van der Waals surface area contributed by atoms with Crippen molar-refractivity contribution in [3.05, 3.63) is 68.4 Å². The normalized spacial score (nSPS) is 17.4. The molecule has 0 saturated carbocycles. The van der Waals surface area contributed by atoms with Crippen LogP contribution in [-0.2, 0) is 18.9 Å². The molecule has 1 aromatic carbocycles. The number of amides is 1. The number of hydrogen-bond donors (Lipinski definition) is 0. The number of aryl methyl sites for hydroxylation is 1. The summed E-state index contributed by atoms with van der Waals surface area (Å²) < 4.78 is 44.9. The predicted octanol–water partition coefficient (Wildman–Crippen LogP) is 3.30. The van der Waals surface area contributed by atoms with Crippen molar-refractivity contribution in [2.75, 3.05) is 45.6 Å². The minimum absolute atomic E-state index is 0.0245. The minimum Gasteiger partial charge on any atom is -0.496 e. The van der Waals surface area contributed by atoms with Crippen molar-refractivity contribution in [2.45, 2.75) is 44.8 Å². The van der Waals surface area contributed by atoms with Crippen LogP contribution in [-0.4, -0.2) is 83.1 Å². The van der Waals surface area contributed by atoms with Gasteiger partial charge in [-0.15, -0.1) is 4.80 Å². The smallest absolute Gasteiger partial charge is 0.429 e. The number of fused-ring (bicyclic) bond motifs is 1. The maximum Gasteiger partial charge on any atom is 0.429 e. The lowest BCUT2D eigenvalue weighted by Crippen LogP contribution is -2.53. The van der Waals surface area contributed by atoms with Gasteiger partial charge in [-0.25, -0.2) is 19.0 Å². The Morgan fingerprint density at radius 3 is 2.63 bits per heavy atom. The monoisotopic (exact) mass is 656 g/mol. The maximum atomic E-state index is 14.6. The Balaban J connectivity index is 1.55. The highest BCUT2D eigenvalue weighted by molar-refractivity contribution is 7.21. The lowest BCUT2D eigenvalue weighted by Gasteiger charge is -2.26. The molecule has 6 rings (SSSR count). The molecule has 3 aromatic heterocycles. The standard InChI is InChI=1S/C30H33FN6O8S/c1-18-25-26(38)36(34(2)30(40)44-17-21-5-4-12-43-21)29(39)35(28(25)46-27(18)37-32-10-11-33-37)16-24(45-20-8-13-42-14-9-20)22-15-19(31)6-7-23(22)41-3/h6-7,10-11,15-16,20-21H,4-5,8-9,12-14,17H2,1-3H3. The summed E-state index contributed by atoms with van der Waals surface area (Å²) in [6.45, 7) is 3.19. The Labute approximate surface area is 266 Å². The van der Waals surface area contributed by atoms with Crippen molar-refractivity contribution in [3.8, 4) is 10.8 Å². The Morgan fingerprint density at radius 1 is 1.17 bits per heavy atom. The van der Waals surface area contributed by atoms with Crippen LogP contribution in [0.2, 0.25) is 0 Å². The SMILES string of the molecule is COc1ccc(F)cc1C(=Cn1c(=O)n(N(C)C(=O)OCC2CCCO2)c(=O)c2c(C)c(-n3nccn3)sc21)OC1CCOCC1. The first kappa shape index (κ1) is 31.4. The molecule has 4 aromatic rings. The van der Waals surface area contributed by atoms with Crippen LogP contribution in [0.5, 0.6) is 5.75 Å². The number of methoxy groups -OCH3 is 1. The van der Waals surface area contributed by atoms with Crippen LogP contribution in [0.15, 0.2) is 40.2 Å². The second-order valence-electron chi connectivity index (χ2n) is 10.8. The Morgan fingerprint density at radius 2 is 1.93 bits per heavy atom. The zero-order valence-corrected chi connectivity index (χ0v) is 26.3. The number of carbonyl (C=O) groups excluding carboxylic acids is 1. The highest BCUT2D eigenvalue weighted by Crippen LogP contribution is 2.34. The molecule has 1 amide bonds. The fraction of sp³-hybridized carbons (Fsp3) is 0.433. The van der Waals surface area contributed by atoms with Gasteiger partial charge in [0.1, 0.15) is 39.9 Å². The third-order valence-corrected chi connectivity index (χ3v) is 9.09. The summed E-state index contributed by atoms with van der Waals surface area (Å²) in [5.74, 6) is -0.131. The molecule has 2 aliphatic heterocycles. The molecule has 46 heavy (non-hydrogen) atoms. The number of ether oxygens (including phenoxy) is 5. The Hall–Kier alpha value is -4.54. The molecular formula is C30H33FN6O8S. The summed E-state index contributed by atoms with van der Waals surface area (Å²) in [7, 11) is 2.71. The van der Waals surface area contributed by atoms with E-state index < -0.39 is 23.2 Å². The second kappa shape index (κ2) is 13.4. The quantitative estimate of drug-likeness (QED) is 0.247. The average Bonchev–Trinajstić information content (AvgIpc) is 3.84. The molecular weight excluding hydrogens is 623 g/mol. The van der Waals surface area contributed by atoms with Crippen LogP contribution in [0.4, 0.5) is 9.18 Å². The van der Waals surface area contributed by atoms with Gasteiger partial charge in [0.25, 0.3) is 5.56 Å². The largest absolute Gasteiger partial charge is 0.496 e. The van der Waals surface area contributed by atoms with E-state index in [1.807, 2.05) is 0 Å². The summed E-state index contributed by atoms with van der Waals surface area (Å²) in [4.78, 5) is 43.1. The van der Waals surface area contributed by atoms with E-state index in [1.54, 1.807) is 6.92 Å². The summed E-state index contributed by atoms with van der Waals surface area (Å²) in [6.07, 6.45) is 5.58. The van der Waals surface area contributed by atoms with Gasteiger partial charge in [0, 0.05) is 32.1 Å². The molecule has 5 heterocycles. The molecule has 0 bridgehead atoms. The fourth-order valence-corrected chi connectivity index (χ4v) is 6.61. The van der Waals surface area contributed by atoms with Gasteiger partial charge in [-0.3, -0.25) is 9.36 Å². The first-order chi connectivity index (χ1) is 22.3. The zero-order chi connectivity index (χ0) is 32.4. The third-order valence-electron chi connectivity index (χ3n) is 7.83. The van der Waals surface area contributed by atoms with Crippen molar-refractivity contribution in [3.63, 3.8) is 0 Å². The van der Waals surface area contributed by atoms with Crippen molar-refractivity contribution in [1.82, 2.24) is 24.2 Å². The number of hydrogen-bond acceptors (Lipinski definition) is 11. The van der Waals surface area contributed by atoms with Crippen LogP contribution in [0.1, 0.15) is 36.8 Å². The first-order valence-corrected chi connectivity index (χ1v) is 15.6. The van der Waals surface area contributed by atoms with Crippen LogP contribution in [0.25, 0.3) is 27.2 Å². The zero-order valence-electron chi connectivity index (χ0n) is 25.5. The van der Waals surface area contributed by atoms with E-state index in [0.717, 1.165) is 29.2 Å². The molecule has 0 spiro atoms. The van der Waals surface area contributed by atoms with Crippen molar-refractivity contribution >= 4 is 39.6 Å². The first-order valence-electron chi connectivity index (χ1n) is 14.8. The van der Waals surface area contributed by atoms with Gasteiger partial charge in [0.2, 0.25) is 0 Å². The van der Waals surface area contributed by atoms with Gasteiger partial charge in [-0.05, 0) is 38.0 Å². The summed E-state index contributed by atoms with van der Waals surface area (Å²) in [6, 6.07) is 3.96. The number of carbonyl (C=O) groups is 1. The molecule has 244 valence electrons. The molecule has 0 N–H and O–H groups in total. The Kier molecular flexibility index (Phi) is 9.19. The van der Waals surface area contributed by atoms with Gasteiger partial charge < -0.3 is 23.7 Å². The predicted molar refractivity (Wildman–Crippen MR) is 167 cm³/mol. The second-order valence-corrected chi connectivity index (χ2v) is 11.8. The number of halogens is 1. The van der Waals surface area contributed by atoms with Gasteiger partial charge in [0.05, 0.1) is 56.0 Å². The molecule has 14 nitrogen and oxygen atoms in total.